The minimum atomic E-state index is 0.461. The molecule has 0 spiro atoms. The molecule has 0 saturated heterocycles. The van der Waals surface area contributed by atoms with E-state index in [2.05, 4.69) is 26.8 Å². The van der Waals surface area contributed by atoms with Crippen LogP contribution >= 0.6 is 11.5 Å². The lowest BCUT2D eigenvalue weighted by atomic mass is 10.0. The van der Waals surface area contributed by atoms with Gasteiger partial charge >= 0.3 is 0 Å². The summed E-state index contributed by atoms with van der Waals surface area (Å²) in [6.45, 7) is 4.23. The van der Waals surface area contributed by atoms with Gasteiger partial charge in [0.1, 0.15) is 5.00 Å². The van der Waals surface area contributed by atoms with Gasteiger partial charge in [0.2, 0.25) is 0 Å². The van der Waals surface area contributed by atoms with Crippen LogP contribution in [0.15, 0.2) is 4.52 Å². The SMILES string of the molecule is CCC1CCC(c2noc(-c3c(C)nsc3NC)n2)C1. The topological polar surface area (TPSA) is 63.8 Å². The Hall–Kier alpha value is -1.43. The molecule has 1 fully saturated rings. The van der Waals surface area contributed by atoms with Gasteiger partial charge in [0.15, 0.2) is 5.82 Å². The third-order valence-corrected chi connectivity index (χ3v) is 5.19. The molecule has 2 heterocycles. The zero-order valence-corrected chi connectivity index (χ0v) is 13.0. The second-order valence-corrected chi connectivity index (χ2v) is 6.24. The van der Waals surface area contributed by atoms with Crippen molar-refractivity contribution >= 4 is 16.5 Å². The zero-order valence-electron chi connectivity index (χ0n) is 12.1. The van der Waals surface area contributed by atoms with Gasteiger partial charge in [0.25, 0.3) is 5.89 Å². The molecule has 1 aliphatic rings. The van der Waals surface area contributed by atoms with Gasteiger partial charge in [0, 0.05) is 13.0 Å². The molecule has 0 aromatic carbocycles. The average Bonchev–Trinajstić information content (AvgIpc) is 3.16. The maximum Gasteiger partial charge on any atom is 0.262 e. The van der Waals surface area contributed by atoms with Crippen LogP contribution in [0.2, 0.25) is 0 Å². The number of hydrogen-bond acceptors (Lipinski definition) is 6. The minimum absolute atomic E-state index is 0.461. The molecule has 2 aromatic rings. The first-order chi connectivity index (χ1) is 9.72. The number of nitrogens with one attached hydrogen (secondary N) is 1. The first kappa shape index (κ1) is 13.5. The molecule has 0 bridgehead atoms. The van der Waals surface area contributed by atoms with Crippen LogP contribution in [0.3, 0.4) is 0 Å². The molecule has 2 unspecified atom stereocenters. The largest absolute Gasteiger partial charge is 0.378 e. The molecule has 0 radical (unpaired) electrons. The van der Waals surface area contributed by atoms with Gasteiger partial charge in [-0.15, -0.1) is 0 Å². The van der Waals surface area contributed by atoms with Gasteiger partial charge in [-0.3, -0.25) is 0 Å². The second kappa shape index (κ2) is 5.52. The summed E-state index contributed by atoms with van der Waals surface area (Å²) in [4.78, 5) is 4.62. The van der Waals surface area contributed by atoms with E-state index >= 15 is 0 Å². The predicted molar refractivity (Wildman–Crippen MR) is 80.1 cm³/mol. The monoisotopic (exact) mass is 292 g/mol. The molecular weight excluding hydrogens is 272 g/mol. The number of nitrogens with zero attached hydrogens (tertiary/aromatic N) is 3. The van der Waals surface area contributed by atoms with Crippen molar-refractivity contribution in [1.82, 2.24) is 14.5 Å². The smallest absolute Gasteiger partial charge is 0.262 e. The Kier molecular flexibility index (Phi) is 3.74. The molecule has 1 N–H and O–H groups in total. The van der Waals surface area contributed by atoms with Crippen molar-refractivity contribution in [2.75, 3.05) is 12.4 Å². The van der Waals surface area contributed by atoms with Gasteiger partial charge in [0.05, 0.1) is 11.3 Å². The summed E-state index contributed by atoms with van der Waals surface area (Å²) in [7, 11) is 1.89. The molecule has 1 saturated carbocycles. The molecule has 3 rings (SSSR count). The first-order valence-corrected chi connectivity index (χ1v) is 7.98. The third-order valence-electron chi connectivity index (χ3n) is 4.23. The van der Waals surface area contributed by atoms with Crippen LogP contribution in [0.25, 0.3) is 11.5 Å². The Labute approximate surface area is 123 Å². The van der Waals surface area contributed by atoms with E-state index < -0.39 is 0 Å². The Morgan fingerprint density at radius 2 is 2.25 bits per heavy atom. The Morgan fingerprint density at radius 3 is 2.95 bits per heavy atom. The molecule has 0 amide bonds. The van der Waals surface area contributed by atoms with Gasteiger partial charge in [-0.25, -0.2) is 0 Å². The molecule has 1 aliphatic carbocycles. The van der Waals surface area contributed by atoms with E-state index in [-0.39, 0.29) is 0 Å². The van der Waals surface area contributed by atoms with Crippen LogP contribution in [0, 0.1) is 12.8 Å². The number of aryl methyl sites for hydroxylation is 1. The Bertz CT molecular complexity index is 592. The van der Waals surface area contributed by atoms with Crippen LogP contribution in [0.1, 0.15) is 50.0 Å². The zero-order chi connectivity index (χ0) is 14.1. The fraction of sp³-hybridized carbons (Fsp3) is 0.643. The first-order valence-electron chi connectivity index (χ1n) is 7.20. The van der Waals surface area contributed by atoms with Crippen molar-refractivity contribution in [1.29, 1.82) is 0 Å². The Morgan fingerprint density at radius 1 is 1.40 bits per heavy atom. The van der Waals surface area contributed by atoms with E-state index in [0.717, 1.165) is 28.0 Å². The quantitative estimate of drug-likeness (QED) is 0.927. The summed E-state index contributed by atoms with van der Waals surface area (Å²) < 4.78 is 9.83. The van der Waals surface area contributed by atoms with Crippen LogP contribution in [-0.4, -0.2) is 21.6 Å². The fourth-order valence-electron chi connectivity index (χ4n) is 2.97. The highest BCUT2D eigenvalue weighted by Crippen LogP contribution is 2.40. The second-order valence-electron chi connectivity index (χ2n) is 5.46. The number of aromatic nitrogens is 3. The molecule has 2 atom stereocenters. The van der Waals surface area contributed by atoms with Gasteiger partial charge in [-0.2, -0.15) is 9.36 Å². The van der Waals surface area contributed by atoms with Crippen LogP contribution in [-0.2, 0) is 0 Å². The van der Waals surface area contributed by atoms with Crippen molar-refractivity contribution in [3.63, 3.8) is 0 Å². The summed E-state index contributed by atoms with van der Waals surface area (Å²) >= 11 is 1.43. The van der Waals surface area contributed by atoms with Crippen molar-refractivity contribution in [2.24, 2.45) is 5.92 Å². The van der Waals surface area contributed by atoms with E-state index in [4.69, 9.17) is 4.52 Å². The molecule has 20 heavy (non-hydrogen) atoms. The van der Waals surface area contributed by atoms with Crippen molar-refractivity contribution in [3.05, 3.63) is 11.5 Å². The minimum Gasteiger partial charge on any atom is -0.378 e. The van der Waals surface area contributed by atoms with Gasteiger partial charge < -0.3 is 9.84 Å². The Balaban J connectivity index is 1.85. The normalized spacial score (nSPS) is 22.4. The lowest BCUT2D eigenvalue weighted by molar-refractivity contribution is 0.413. The van der Waals surface area contributed by atoms with E-state index in [1.54, 1.807) is 0 Å². The van der Waals surface area contributed by atoms with E-state index in [9.17, 15) is 0 Å². The molecule has 108 valence electrons. The predicted octanol–water partition coefficient (Wildman–Crippen LogP) is 3.84. The van der Waals surface area contributed by atoms with Gasteiger partial charge in [-0.1, -0.05) is 18.5 Å². The molecule has 6 heteroatoms. The summed E-state index contributed by atoms with van der Waals surface area (Å²) in [5.41, 5.74) is 1.88. The summed E-state index contributed by atoms with van der Waals surface area (Å²) in [6.07, 6.45) is 4.90. The van der Waals surface area contributed by atoms with Crippen LogP contribution in [0.5, 0.6) is 0 Å². The number of anilines is 1. The average molecular weight is 292 g/mol. The highest BCUT2D eigenvalue weighted by molar-refractivity contribution is 7.10. The van der Waals surface area contributed by atoms with Crippen LogP contribution in [0.4, 0.5) is 5.00 Å². The number of rotatable bonds is 4. The lowest BCUT2D eigenvalue weighted by Crippen LogP contribution is -1.97. The van der Waals surface area contributed by atoms with E-state index in [1.807, 2.05) is 14.0 Å². The maximum atomic E-state index is 5.48. The van der Waals surface area contributed by atoms with Crippen molar-refractivity contribution < 1.29 is 4.52 Å². The molecule has 0 aliphatic heterocycles. The van der Waals surface area contributed by atoms with Crippen LogP contribution < -0.4 is 5.32 Å². The summed E-state index contributed by atoms with van der Waals surface area (Å²) in [6, 6.07) is 0. The molecular formula is C14H20N4OS. The fourth-order valence-corrected chi connectivity index (χ4v) is 3.71. The summed E-state index contributed by atoms with van der Waals surface area (Å²) in [5.74, 6) is 2.74. The highest BCUT2D eigenvalue weighted by Gasteiger charge is 2.29. The molecule has 2 aromatic heterocycles. The lowest BCUT2D eigenvalue weighted by Gasteiger charge is -2.04. The van der Waals surface area contributed by atoms with Gasteiger partial charge in [-0.05, 0) is 43.6 Å². The highest BCUT2D eigenvalue weighted by atomic mass is 32.1. The van der Waals surface area contributed by atoms with E-state index in [0.29, 0.717) is 11.8 Å². The number of hydrogen-bond donors (Lipinski definition) is 1. The molecule has 5 nitrogen and oxygen atoms in total. The standard InChI is InChI=1S/C14H20N4OS/c1-4-9-5-6-10(7-9)12-16-13(19-17-12)11-8(2)18-20-14(11)15-3/h9-10,15H,4-7H2,1-3H3. The van der Waals surface area contributed by atoms with Crippen molar-refractivity contribution in [3.8, 4) is 11.5 Å². The van der Waals surface area contributed by atoms with E-state index in [1.165, 1.54) is 37.2 Å². The van der Waals surface area contributed by atoms with Crippen molar-refractivity contribution in [2.45, 2.75) is 45.4 Å². The summed E-state index contributed by atoms with van der Waals surface area (Å²) in [5, 5.41) is 8.32. The maximum absolute atomic E-state index is 5.48. The third kappa shape index (κ3) is 2.32.